The second-order valence-corrected chi connectivity index (χ2v) is 23.4. The van der Waals surface area contributed by atoms with E-state index in [0.717, 1.165) is 44.5 Å². The Morgan fingerprint density at radius 2 is 0.988 bits per heavy atom. The first-order chi connectivity index (χ1) is 40.7. The van der Waals surface area contributed by atoms with Crippen LogP contribution in [-0.2, 0) is 41.6 Å². The number of thiazole rings is 2. The number of hydrogen-bond donors (Lipinski definition) is 3. The topological polar surface area (TPSA) is 147 Å². The zero-order valence-corrected chi connectivity index (χ0v) is 47.6. The van der Waals surface area contributed by atoms with E-state index in [-0.39, 0.29) is 30.5 Å². The zero-order valence-electron chi connectivity index (χ0n) is 45.2. The van der Waals surface area contributed by atoms with Crippen molar-refractivity contribution in [2.45, 2.75) is 42.1 Å². The Bertz CT molecular complexity index is 3610. The number of aromatic nitrogens is 2. The maximum atomic E-state index is 14.9. The standard InChI is InChI=1S/C68H57N7O5S3/c1-66(63(78)80-59(47-26-10-2-11-27-47)48-28-12-3-13-29-48)45-75-61(77)58(62(75)83-46-66)71-60(76)57(56-44-82-65(70-56)73-68(52-36-20-7-21-37-52,53-38-22-8-23-39-53)54-40-24-9-25-41-54)74-79-42-55-43-81-64(69-55)72-67(49-30-14-4-15-31-49,50-32-16-5-17-33-50)51-34-18-6-19-35-51/h2-41,43-44,58-59,62H,42,45-46H2,1H3,(H,69,72)(H,70,73)(H,71,76)/t58?,62-,66?/m1/s1. The molecule has 2 amide bonds. The van der Waals surface area contributed by atoms with E-state index in [4.69, 9.17) is 19.5 Å². The molecule has 0 saturated carbocycles. The molecule has 2 aliphatic rings. The number of anilines is 2. The lowest BCUT2D eigenvalue weighted by atomic mass is 9.77. The molecule has 0 radical (unpaired) electrons. The predicted octanol–water partition coefficient (Wildman–Crippen LogP) is 13.1. The normalized spacial score (nSPS) is 17.0. The summed E-state index contributed by atoms with van der Waals surface area (Å²) in [5, 5.41) is 19.5. The van der Waals surface area contributed by atoms with E-state index in [9.17, 15) is 14.4 Å². The Hall–Kier alpha value is -9.15. The molecule has 10 aromatic rings. The van der Waals surface area contributed by atoms with E-state index < -0.39 is 45.9 Å². The highest BCUT2D eigenvalue weighted by molar-refractivity contribution is 8.00. The molecular weight excluding hydrogens is 1090 g/mol. The summed E-state index contributed by atoms with van der Waals surface area (Å²) >= 11 is 4.18. The van der Waals surface area contributed by atoms with Crippen LogP contribution in [0.2, 0.25) is 0 Å². The number of thioether (sulfide) groups is 1. The van der Waals surface area contributed by atoms with Crippen molar-refractivity contribution in [3.05, 3.63) is 309 Å². The Morgan fingerprint density at radius 1 is 0.590 bits per heavy atom. The second-order valence-electron chi connectivity index (χ2n) is 20.6. The quantitative estimate of drug-likeness (QED) is 0.0222. The number of esters is 1. The fourth-order valence-electron chi connectivity index (χ4n) is 11.0. The highest BCUT2D eigenvalue weighted by atomic mass is 32.2. The molecule has 2 fully saturated rings. The molecule has 0 aliphatic carbocycles. The third-order valence-corrected chi connectivity index (χ3v) is 18.4. The third kappa shape index (κ3) is 11.1. The molecule has 83 heavy (non-hydrogen) atoms. The molecule has 15 heteroatoms. The number of nitrogens with zero attached hydrogens (tertiary/aromatic N) is 4. The van der Waals surface area contributed by atoms with Gasteiger partial charge in [0.15, 0.2) is 28.7 Å². The number of oxime groups is 1. The molecule has 0 spiro atoms. The smallest absolute Gasteiger partial charge is 0.315 e. The van der Waals surface area contributed by atoms with Crippen molar-refractivity contribution in [3.63, 3.8) is 0 Å². The summed E-state index contributed by atoms with van der Waals surface area (Å²) in [6.07, 6.45) is -0.635. The van der Waals surface area contributed by atoms with E-state index >= 15 is 0 Å². The monoisotopic (exact) mass is 1150 g/mol. The van der Waals surface area contributed by atoms with Crippen LogP contribution in [0.4, 0.5) is 10.3 Å². The van der Waals surface area contributed by atoms with Crippen molar-refractivity contribution in [2.75, 3.05) is 22.9 Å². The average molecular weight is 1150 g/mol. The summed E-state index contributed by atoms with van der Waals surface area (Å²) in [7, 11) is 0. The number of carbonyl (C=O) groups is 3. The van der Waals surface area contributed by atoms with E-state index in [1.54, 1.807) is 10.3 Å². The van der Waals surface area contributed by atoms with Gasteiger partial charge in [0.2, 0.25) is 5.91 Å². The molecule has 2 unspecified atom stereocenters. The van der Waals surface area contributed by atoms with Crippen LogP contribution in [0.5, 0.6) is 0 Å². The van der Waals surface area contributed by atoms with Gasteiger partial charge in [-0.2, -0.15) is 0 Å². The molecule has 2 saturated heterocycles. The van der Waals surface area contributed by atoms with Crippen LogP contribution in [0.25, 0.3) is 0 Å². The fraction of sp³-hybridized carbons (Fsp3) is 0.147. The number of β-lactam (4-membered cyclic amide) rings is 1. The molecule has 2 aliphatic heterocycles. The van der Waals surface area contributed by atoms with Gasteiger partial charge in [0.25, 0.3) is 5.91 Å². The van der Waals surface area contributed by atoms with Crippen LogP contribution in [0.1, 0.15) is 68.9 Å². The van der Waals surface area contributed by atoms with Gasteiger partial charge in [0.1, 0.15) is 28.2 Å². The lowest BCUT2D eigenvalue weighted by molar-refractivity contribution is -0.164. The first-order valence-corrected chi connectivity index (χ1v) is 30.1. The highest BCUT2D eigenvalue weighted by Gasteiger charge is 2.57. The number of nitrogens with one attached hydrogen (secondary N) is 3. The third-order valence-electron chi connectivity index (χ3n) is 15.2. The highest BCUT2D eigenvalue weighted by Crippen LogP contribution is 2.45. The number of fused-ring (bicyclic) bond motifs is 1. The SMILES string of the molecule is CC1(C(=O)OC(c2ccccc2)c2ccccc2)CS[C@@H]2C(NC(=O)C(=NOCc3csc(NC(c4ccccc4)(c4ccccc4)c4ccccc4)n3)c3csc(NC(c4ccccc4)(c4ccccc4)c4ccccc4)n3)C(=O)N2C1. The zero-order chi connectivity index (χ0) is 56.6. The summed E-state index contributed by atoms with van der Waals surface area (Å²) in [6, 6.07) is 79.8. The van der Waals surface area contributed by atoms with Crippen molar-refractivity contribution in [1.82, 2.24) is 20.2 Å². The van der Waals surface area contributed by atoms with Crippen LogP contribution in [-0.4, -0.2) is 62.1 Å². The largest absolute Gasteiger partial charge is 0.452 e. The molecule has 2 aromatic heterocycles. The van der Waals surface area contributed by atoms with E-state index in [2.05, 4.69) is 93.9 Å². The van der Waals surface area contributed by atoms with Gasteiger partial charge in [-0.1, -0.05) is 248 Å². The van der Waals surface area contributed by atoms with Gasteiger partial charge in [-0.05, 0) is 51.4 Å². The Kier molecular flexibility index (Phi) is 15.8. The molecule has 412 valence electrons. The molecule has 4 heterocycles. The van der Waals surface area contributed by atoms with E-state index in [1.807, 2.05) is 182 Å². The van der Waals surface area contributed by atoms with Crippen LogP contribution in [0.3, 0.4) is 0 Å². The van der Waals surface area contributed by atoms with Crippen LogP contribution in [0.15, 0.2) is 259 Å². The average Bonchev–Trinajstić information content (AvgIpc) is 2.83. The Labute approximate surface area is 494 Å². The minimum Gasteiger partial charge on any atom is -0.452 e. The van der Waals surface area contributed by atoms with Gasteiger partial charge in [0, 0.05) is 23.1 Å². The number of carbonyl (C=O) groups excluding carboxylic acids is 3. The molecule has 8 aromatic carbocycles. The summed E-state index contributed by atoms with van der Waals surface area (Å²) in [6.45, 7) is 1.86. The van der Waals surface area contributed by atoms with Crippen LogP contribution >= 0.6 is 34.4 Å². The number of ether oxygens (including phenoxy) is 1. The van der Waals surface area contributed by atoms with Gasteiger partial charge in [-0.25, -0.2) is 9.97 Å². The molecule has 0 bridgehead atoms. The minimum absolute atomic E-state index is 0.0863. The van der Waals surface area contributed by atoms with Crippen molar-refractivity contribution in [2.24, 2.45) is 10.6 Å². The minimum atomic E-state index is -1.02. The molecule has 12 nitrogen and oxygen atoms in total. The predicted molar refractivity (Wildman–Crippen MR) is 330 cm³/mol. The number of amides is 2. The molecule has 12 rings (SSSR count). The Balaban J connectivity index is 0.826. The summed E-state index contributed by atoms with van der Waals surface area (Å²) in [5.41, 5.74) is 5.65. The van der Waals surface area contributed by atoms with Gasteiger partial charge in [0.05, 0.1) is 11.1 Å². The van der Waals surface area contributed by atoms with Crippen LogP contribution < -0.4 is 16.0 Å². The van der Waals surface area contributed by atoms with Gasteiger partial charge >= 0.3 is 5.97 Å². The maximum Gasteiger partial charge on any atom is 0.315 e. The first kappa shape index (κ1) is 54.4. The Morgan fingerprint density at radius 3 is 1.42 bits per heavy atom. The maximum absolute atomic E-state index is 14.9. The summed E-state index contributed by atoms with van der Waals surface area (Å²) in [5.74, 6) is -1.03. The first-order valence-electron chi connectivity index (χ1n) is 27.3. The van der Waals surface area contributed by atoms with Gasteiger partial charge in [-0.15, -0.1) is 34.4 Å². The molecular formula is C68H57N7O5S3. The van der Waals surface area contributed by atoms with E-state index in [1.165, 1.54) is 34.4 Å². The number of hydrogen-bond acceptors (Lipinski definition) is 13. The van der Waals surface area contributed by atoms with Gasteiger partial charge in [-0.3, -0.25) is 14.4 Å². The summed E-state index contributed by atoms with van der Waals surface area (Å²) < 4.78 is 6.33. The number of rotatable bonds is 20. The number of benzene rings is 8. The van der Waals surface area contributed by atoms with Gasteiger partial charge < -0.3 is 30.4 Å². The van der Waals surface area contributed by atoms with Crippen molar-refractivity contribution >= 4 is 68.2 Å². The fourth-order valence-corrected chi connectivity index (χ4v) is 14.0. The van der Waals surface area contributed by atoms with Crippen LogP contribution in [0, 0.1) is 5.41 Å². The lowest BCUT2D eigenvalue weighted by Gasteiger charge is -2.53. The second kappa shape index (κ2) is 24.1. The van der Waals surface area contributed by atoms with Crippen molar-refractivity contribution in [1.29, 1.82) is 0 Å². The molecule has 3 atom stereocenters. The lowest BCUT2D eigenvalue weighted by Crippen LogP contribution is -2.73. The van der Waals surface area contributed by atoms with E-state index in [0.29, 0.717) is 21.7 Å². The van der Waals surface area contributed by atoms with Crippen molar-refractivity contribution < 1.29 is 24.0 Å². The summed E-state index contributed by atoms with van der Waals surface area (Å²) in [4.78, 5) is 61.2. The van der Waals surface area contributed by atoms with Crippen molar-refractivity contribution in [3.8, 4) is 0 Å². The molecule has 3 N–H and O–H groups in total.